The molecule has 0 saturated carbocycles. The van der Waals surface area contributed by atoms with Crippen LogP contribution in [-0.4, -0.2) is 35.7 Å². The van der Waals surface area contributed by atoms with Gasteiger partial charge >= 0.3 is 0 Å². The molecule has 1 fully saturated rings. The summed E-state index contributed by atoms with van der Waals surface area (Å²) in [6.45, 7) is 8.53. The number of aromatic nitrogens is 2. The monoisotopic (exact) mass is 288 g/mol. The molecule has 3 heterocycles. The van der Waals surface area contributed by atoms with E-state index in [1.807, 2.05) is 20.8 Å². The Morgan fingerprint density at radius 3 is 2.90 bits per heavy atom. The number of nitrogens with zero attached hydrogens (tertiary/aromatic N) is 2. The number of nitrogens with one attached hydrogen (secondary N) is 2. The molecule has 0 bridgehead atoms. The zero-order valence-electron chi connectivity index (χ0n) is 12.6. The largest absolute Gasteiger partial charge is 0.352 e. The summed E-state index contributed by atoms with van der Waals surface area (Å²) in [5, 5.41) is 11.0. The maximum Gasteiger partial charge on any atom is 0.259 e. The van der Waals surface area contributed by atoms with E-state index < -0.39 is 0 Å². The van der Waals surface area contributed by atoms with Gasteiger partial charge in [0.2, 0.25) is 0 Å². The lowest BCUT2D eigenvalue weighted by Gasteiger charge is -2.27. The molecule has 1 aliphatic heterocycles. The fraction of sp³-hybridized carbons (Fsp3) is 0.533. The number of carbonyl (C=O) groups excluding carboxylic acids is 1. The van der Waals surface area contributed by atoms with Gasteiger partial charge in [0, 0.05) is 31.2 Å². The van der Waals surface area contributed by atoms with Crippen LogP contribution in [0.1, 0.15) is 41.5 Å². The van der Waals surface area contributed by atoms with E-state index in [-0.39, 0.29) is 11.8 Å². The van der Waals surface area contributed by atoms with E-state index in [2.05, 4.69) is 20.8 Å². The van der Waals surface area contributed by atoms with Gasteiger partial charge in [0.1, 0.15) is 0 Å². The summed E-state index contributed by atoms with van der Waals surface area (Å²) >= 11 is 0. The van der Waals surface area contributed by atoms with Crippen molar-refractivity contribution in [3.05, 3.63) is 23.0 Å². The van der Waals surface area contributed by atoms with Crippen LogP contribution in [0.5, 0.6) is 0 Å². The Kier molecular flexibility index (Phi) is 3.63. The van der Waals surface area contributed by atoms with Gasteiger partial charge in [-0.15, -0.1) is 0 Å². The Hall–Kier alpha value is -1.95. The summed E-state index contributed by atoms with van der Waals surface area (Å²) in [4.78, 5) is 16.8. The van der Waals surface area contributed by atoms with Crippen LogP contribution in [0.25, 0.3) is 11.1 Å². The number of amides is 1. The van der Waals surface area contributed by atoms with Crippen molar-refractivity contribution >= 4 is 17.0 Å². The molecule has 0 spiro atoms. The number of aryl methyl sites for hydroxylation is 1. The average Bonchev–Trinajstić information content (AvgIpc) is 2.79. The van der Waals surface area contributed by atoms with Crippen molar-refractivity contribution in [1.29, 1.82) is 0 Å². The summed E-state index contributed by atoms with van der Waals surface area (Å²) in [6, 6.07) is 1.81. The fourth-order valence-electron chi connectivity index (χ4n) is 2.49. The minimum absolute atomic E-state index is 0.0810. The van der Waals surface area contributed by atoms with Gasteiger partial charge in [0.05, 0.1) is 16.6 Å². The standard InChI is InChI=1S/C15H20N4O2/c1-8(2)13-12-11(4-9(3)18-15(12)21-19-13)14(20)17-7-10-5-16-6-10/h4,8,10,16H,5-7H2,1-3H3,(H,17,20). The van der Waals surface area contributed by atoms with Gasteiger partial charge in [-0.05, 0) is 18.9 Å². The number of rotatable bonds is 4. The molecule has 0 aromatic carbocycles. The van der Waals surface area contributed by atoms with Gasteiger partial charge in [-0.1, -0.05) is 19.0 Å². The molecule has 2 N–H and O–H groups in total. The van der Waals surface area contributed by atoms with Gasteiger partial charge in [-0.25, -0.2) is 4.98 Å². The molecular formula is C15H20N4O2. The predicted octanol–water partition coefficient (Wildman–Crippen LogP) is 1.60. The summed E-state index contributed by atoms with van der Waals surface area (Å²) in [5.41, 5.74) is 2.58. The number of pyridine rings is 1. The zero-order valence-corrected chi connectivity index (χ0v) is 12.6. The molecule has 21 heavy (non-hydrogen) atoms. The third-order valence-electron chi connectivity index (χ3n) is 3.81. The van der Waals surface area contributed by atoms with E-state index in [9.17, 15) is 4.79 Å². The first kappa shape index (κ1) is 14.0. The van der Waals surface area contributed by atoms with Crippen LogP contribution in [0, 0.1) is 12.8 Å². The van der Waals surface area contributed by atoms with Crippen LogP contribution < -0.4 is 10.6 Å². The number of hydrogen-bond donors (Lipinski definition) is 2. The summed E-state index contributed by atoms with van der Waals surface area (Å²) in [7, 11) is 0. The second-order valence-corrected chi connectivity index (χ2v) is 5.95. The van der Waals surface area contributed by atoms with E-state index >= 15 is 0 Å². The molecule has 0 radical (unpaired) electrons. The van der Waals surface area contributed by atoms with E-state index in [0.717, 1.165) is 29.9 Å². The van der Waals surface area contributed by atoms with Crippen molar-refractivity contribution in [3.63, 3.8) is 0 Å². The average molecular weight is 288 g/mol. The highest BCUT2D eigenvalue weighted by molar-refractivity contribution is 6.06. The highest BCUT2D eigenvalue weighted by Gasteiger charge is 2.23. The van der Waals surface area contributed by atoms with E-state index in [1.54, 1.807) is 6.07 Å². The SMILES string of the molecule is Cc1cc(C(=O)NCC2CNC2)c2c(C(C)C)noc2n1. The quantitative estimate of drug-likeness (QED) is 0.893. The molecule has 112 valence electrons. The van der Waals surface area contributed by atoms with Crippen molar-refractivity contribution in [3.8, 4) is 0 Å². The van der Waals surface area contributed by atoms with E-state index in [4.69, 9.17) is 4.52 Å². The second-order valence-electron chi connectivity index (χ2n) is 5.95. The molecule has 1 amide bonds. The van der Waals surface area contributed by atoms with Gasteiger partial charge in [0.15, 0.2) is 0 Å². The lowest BCUT2D eigenvalue weighted by atomic mass is 10.0. The molecule has 0 unspecified atom stereocenters. The van der Waals surface area contributed by atoms with Gasteiger partial charge in [-0.3, -0.25) is 4.79 Å². The van der Waals surface area contributed by atoms with Crippen LogP contribution in [0.2, 0.25) is 0 Å². The first-order chi connectivity index (χ1) is 10.1. The van der Waals surface area contributed by atoms with Crippen molar-refractivity contribution in [2.45, 2.75) is 26.7 Å². The maximum absolute atomic E-state index is 12.5. The normalized spacial score (nSPS) is 15.4. The van der Waals surface area contributed by atoms with Crippen molar-refractivity contribution in [2.24, 2.45) is 5.92 Å². The molecule has 0 atom stereocenters. The van der Waals surface area contributed by atoms with Crippen molar-refractivity contribution in [1.82, 2.24) is 20.8 Å². The first-order valence-electron chi connectivity index (χ1n) is 7.32. The summed E-state index contributed by atoms with van der Waals surface area (Å²) in [6.07, 6.45) is 0. The molecule has 1 aliphatic rings. The highest BCUT2D eigenvalue weighted by Crippen LogP contribution is 2.27. The molecule has 6 nitrogen and oxygen atoms in total. The predicted molar refractivity (Wildman–Crippen MR) is 79.3 cm³/mol. The third-order valence-corrected chi connectivity index (χ3v) is 3.81. The van der Waals surface area contributed by atoms with Crippen LogP contribution >= 0.6 is 0 Å². The smallest absolute Gasteiger partial charge is 0.259 e. The fourth-order valence-corrected chi connectivity index (χ4v) is 2.49. The highest BCUT2D eigenvalue weighted by atomic mass is 16.5. The molecule has 2 aromatic rings. The molecule has 3 rings (SSSR count). The third kappa shape index (κ3) is 2.63. The Morgan fingerprint density at radius 2 is 2.29 bits per heavy atom. The first-order valence-corrected chi connectivity index (χ1v) is 7.32. The van der Waals surface area contributed by atoms with Gasteiger partial charge < -0.3 is 15.2 Å². The van der Waals surface area contributed by atoms with E-state index in [1.165, 1.54) is 0 Å². The van der Waals surface area contributed by atoms with Crippen LogP contribution in [0.4, 0.5) is 0 Å². The summed E-state index contributed by atoms with van der Waals surface area (Å²) in [5.74, 6) is 0.625. The lowest BCUT2D eigenvalue weighted by molar-refractivity contribution is 0.0943. The molecule has 1 saturated heterocycles. The minimum atomic E-state index is -0.0810. The Labute approximate surface area is 123 Å². The molecule has 6 heteroatoms. The van der Waals surface area contributed by atoms with Crippen molar-refractivity contribution < 1.29 is 9.32 Å². The van der Waals surface area contributed by atoms with Crippen molar-refractivity contribution in [2.75, 3.05) is 19.6 Å². The Morgan fingerprint density at radius 1 is 1.52 bits per heavy atom. The number of fused-ring (bicyclic) bond motifs is 1. The van der Waals surface area contributed by atoms with Crippen LogP contribution in [0.15, 0.2) is 10.6 Å². The maximum atomic E-state index is 12.5. The van der Waals surface area contributed by atoms with E-state index in [0.29, 0.717) is 23.7 Å². The molecular weight excluding hydrogens is 268 g/mol. The van der Waals surface area contributed by atoms with Crippen LogP contribution in [0.3, 0.4) is 0 Å². The minimum Gasteiger partial charge on any atom is -0.352 e. The Balaban J connectivity index is 1.94. The second kappa shape index (κ2) is 5.44. The molecule has 0 aliphatic carbocycles. The van der Waals surface area contributed by atoms with Gasteiger partial charge in [-0.2, -0.15) is 0 Å². The molecule has 2 aromatic heterocycles. The lowest BCUT2D eigenvalue weighted by Crippen LogP contribution is -2.48. The van der Waals surface area contributed by atoms with Crippen LogP contribution in [-0.2, 0) is 0 Å². The summed E-state index contributed by atoms with van der Waals surface area (Å²) < 4.78 is 5.29. The number of hydrogen-bond acceptors (Lipinski definition) is 5. The zero-order chi connectivity index (χ0) is 15.0. The van der Waals surface area contributed by atoms with Gasteiger partial charge in [0.25, 0.3) is 11.6 Å². The number of carbonyl (C=O) groups is 1. The topological polar surface area (TPSA) is 80.0 Å². The Bertz CT molecular complexity index is 674.